The van der Waals surface area contributed by atoms with Gasteiger partial charge in [0.2, 0.25) is 5.91 Å². The van der Waals surface area contributed by atoms with Crippen molar-refractivity contribution in [2.24, 2.45) is 7.05 Å². The van der Waals surface area contributed by atoms with Crippen molar-refractivity contribution in [3.63, 3.8) is 0 Å². The second-order valence-corrected chi connectivity index (χ2v) is 4.89. The Hall–Kier alpha value is -1.08. The molecular formula is C10H16N4O2S. The Morgan fingerprint density at radius 2 is 2.65 bits per heavy atom. The van der Waals surface area contributed by atoms with E-state index in [-0.39, 0.29) is 12.0 Å². The molecule has 2 heterocycles. The van der Waals surface area contributed by atoms with Crippen LogP contribution in [-0.4, -0.2) is 45.7 Å². The molecule has 7 heteroatoms. The first-order chi connectivity index (χ1) is 8.25. The van der Waals surface area contributed by atoms with Crippen LogP contribution in [0, 0.1) is 0 Å². The molecule has 0 aromatic carbocycles. The van der Waals surface area contributed by atoms with Crippen LogP contribution in [0.25, 0.3) is 0 Å². The Morgan fingerprint density at radius 1 is 1.76 bits per heavy atom. The van der Waals surface area contributed by atoms with Crippen LogP contribution in [0.2, 0.25) is 0 Å². The lowest BCUT2D eigenvalue weighted by Gasteiger charge is -2.10. The lowest BCUT2D eigenvalue weighted by atomic mass is 10.2. The van der Waals surface area contributed by atoms with Crippen LogP contribution in [0.5, 0.6) is 0 Å². The zero-order valence-corrected chi connectivity index (χ0v) is 10.6. The number of nitrogens with one attached hydrogen (secondary N) is 1. The molecule has 6 nitrogen and oxygen atoms in total. The molecule has 0 saturated carbocycles. The standard InChI is InChI=1S/C10H16N4O2S/c1-14-7-12-13-10(14)17-6-9(15)11-5-8-3-2-4-16-8/h7-8H,2-6H2,1H3,(H,11,15). The SMILES string of the molecule is Cn1cnnc1SCC(=O)NCC1CCCO1. The average Bonchev–Trinajstić information content (AvgIpc) is 2.95. The summed E-state index contributed by atoms with van der Waals surface area (Å²) in [6, 6.07) is 0. The summed E-state index contributed by atoms with van der Waals surface area (Å²) in [4.78, 5) is 11.6. The number of ether oxygens (including phenoxy) is 1. The molecule has 1 unspecified atom stereocenters. The second kappa shape index (κ2) is 6.02. The Labute approximate surface area is 104 Å². The zero-order valence-electron chi connectivity index (χ0n) is 9.76. The number of amides is 1. The first-order valence-electron chi connectivity index (χ1n) is 5.61. The number of rotatable bonds is 5. The number of nitrogens with zero attached hydrogens (tertiary/aromatic N) is 3. The van der Waals surface area contributed by atoms with Gasteiger partial charge in [-0.2, -0.15) is 0 Å². The molecule has 1 atom stereocenters. The van der Waals surface area contributed by atoms with Crippen LogP contribution < -0.4 is 5.32 Å². The quantitative estimate of drug-likeness (QED) is 0.762. The maximum Gasteiger partial charge on any atom is 0.230 e. The normalized spacial score (nSPS) is 19.5. The van der Waals surface area contributed by atoms with Gasteiger partial charge < -0.3 is 14.6 Å². The fourth-order valence-corrected chi connectivity index (χ4v) is 2.34. The number of thioether (sulfide) groups is 1. The average molecular weight is 256 g/mol. The molecule has 17 heavy (non-hydrogen) atoms. The van der Waals surface area contributed by atoms with Crippen molar-refractivity contribution in [1.82, 2.24) is 20.1 Å². The number of aryl methyl sites for hydroxylation is 1. The molecule has 1 N–H and O–H groups in total. The molecule has 94 valence electrons. The van der Waals surface area contributed by atoms with Gasteiger partial charge in [-0.25, -0.2) is 0 Å². The van der Waals surface area contributed by atoms with Gasteiger partial charge in [-0.1, -0.05) is 11.8 Å². The second-order valence-electron chi connectivity index (χ2n) is 3.95. The molecule has 1 aliphatic rings. The van der Waals surface area contributed by atoms with Crippen molar-refractivity contribution in [2.45, 2.75) is 24.1 Å². The van der Waals surface area contributed by atoms with E-state index in [4.69, 9.17) is 4.74 Å². The van der Waals surface area contributed by atoms with E-state index in [1.807, 2.05) is 7.05 Å². The summed E-state index contributed by atoms with van der Waals surface area (Å²) in [5, 5.41) is 11.3. The predicted molar refractivity (Wildman–Crippen MR) is 63.7 cm³/mol. The van der Waals surface area contributed by atoms with Crippen LogP contribution in [-0.2, 0) is 16.6 Å². The highest BCUT2D eigenvalue weighted by Gasteiger charge is 2.16. The van der Waals surface area contributed by atoms with E-state index in [0.717, 1.165) is 24.6 Å². The minimum Gasteiger partial charge on any atom is -0.376 e. The Bertz CT molecular complexity index is 376. The van der Waals surface area contributed by atoms with Gasteiger partial charge in [0.05, 0.1) is 11.9 Å². The maximum atomic E-state index is 11.6. The predicted octanol–water partition coefficient (Wildman–Crippen LogP) is 0.202. The van der Waals surface area contributed by atoms with Crippen molar-refractivity contribution in [3.05, 3.63) is 6.33 Å². The van der Waals surface area contributed by atoms with E-state index in [2.05, 4.69) is 15.5 Å². The molecule has 1 aromatic rings. The molecule has 1 fully saturated rings. The van der Waals surface area contributed by atoms with Gasteiger partial charge in [0.25, 0.3) is 0 Å². The van der Waals surface area contributed by atoms with Crippen LogP contribution in [0.1, 0.15) is 12.8 Å². The molecular weight excluding hydrogens is 240 g/mol. The third kappa shape index (κ3) is 3.71. The molecule has 0 aliphatic carbocycles. The third-order valence-corrected chi connectivity index (χ3v) is 3.59. The largest absolute Gasteiger partial charge is 0.376 e. The molecule has 0 radical (unpaired) electrons. The summed E-state index contributed by atoms with van der Waals surface area (Å²) in [5.74, 6) is 0.368. The minimum atomic E-state index is 0.00787. The van der Waals surface area contributed by atoms with Crippen molar-refractivity contribution >= 4 is 17.7 Å². The van der Waals surface area contributed by atoms with Gasteiger partial charge in [-0.05, 0) is 12.8 Å². The number of carbonyl (C=O) groups excluding carboxylic acids is 1. The van der Waals surface area contributed by atoms with E-state index < -0.39 is 0 Å². The fourth-order valence-electron chi connectivity index (χ4n) is 1.62. The van der Waals surface area contributed by atoms with Gasteiger partial charge in [-0.15, -0.1) is 10.2 Å². The van der Waals surface area contributed by atoms with E-state index in [9.17, 15) is 4.79 Å². The molecule has 1 saturated heterocycles. The Morgan fingerprint density at radius 3 is 3.29 bits per heavy atom. The van der Waals surface area contributed by atoms with E-state index in [0.29, 0.717) is 12.3 Å². The minimum absolute atomic E-state index is 0.00787. The summed E-state index contributed by atoms with van der Waals surface area (Å²) in [5.41, 5.74) is 0. The number of hydrogen-bond donors (Lipinski definition) is 1. The summed E-state index contributed by atoms with van der Waals surface area (Å²) < 4.78 is 7.21. The zero-order chi connectivity index (χ0) is 12.1. The van der Waals surface area contributed by atoms with E-state index in [1.54, 1.807) is 10.9 Å². The smallest absolute Gasteiger partial charge is 0.230 e. The summed E-state index contributed by atoms with van der Waals surface area (Å²) in [6.07, 6.45) is 3.94. The molecule has 0 spiro atoms. The number of aromatic nitrogens is 3. The monoisotopic (exact) mass is 256 g/mol. The number of carbonyl (C=O) groups is 1. The van der Waals surface area contributed by atoms with Crippen LogP contribution in [0.15, 0.2) is 11.5 Å². The Balaban J connectivity index is 1.65. The molecule has 1 aliphatic heterocycles. The van der Waals surface area contributed by atoms with Gasteiger partial charge >= 0.3 is 0 Å². The van der Waals surface area contributed by atoms with Crippen molar-refractivity contribution in [2.75, 3.05) is 18.9 Å². The van der Waals surface area contributed by atoms with Crippen molar-refractivity contribution in [1.29, 1.82) is 0 Å². The summed E-state index contributed by atoms with van der Waals surface area (Å²) >= 11 is 1.38. The molecule has 2 rings (SSSR count). The van der Waals surface area contributed by atoms with Gasteiger partial charge in [-0.3, -0.25) is 4.79 Å². The van der Waals surface area contributed by atoms with Crippen molar-refractivity contribution < 1.29 is 9.53 Å². The van der Waals surface area contributed by atoms with E-state index in [1.165, 1.54) is 11.8 Å². The fraction of sp³-hybridized carbons (Fsp3) is 0.700. The lowest BCUT2D eigenvalue weighted by molar-refractivity contribution is -0.119. The number of hydrogen-bond acceptors (Lipinski definition) is 5. The van der Waals surface area contributed by atoms with Crippen LogP contribution in [0.4, 0.5) is 0 Å². The van der Waals surface area contributed by atoms with Crippen LogP contribution >= 0.6 is 11.8 Å². The van der Waals surface area contributed by atoms with Crippen molar-refractivity contribution in [3.8, 4) is 0 Å². The lowest BCUT2D eigenvalue weighted by Crippen LogP contribution is -2.32. The van der Waals surface area contributed by atoms with E-state index >= 15 is 0 Å². The van der Waals surface area contributed by atoms with Crippen LogP contribution in [0.3, 0.4) is 0 Å². The highest BCUT2D eigenvalue weighted by Crippen LogP contribution is 2.13. The highest BCUT2D eigenvalue weighted by atomic mass is 32.2. The highest BCUT2D eigenvalue weighted by molar-refractivity contribution is 7.99. The first kappa shape index (κ1) is 12.4. The molecule has 1 aromatic heterocycles. The molecule has 1 amide bonds. The summed E-state index contributed by atoms with van der Waals surface area (Å²) in [7, 11) is 1.85. The topological polar surface area (TPSA) is 69.0 Å². The molecule has 0 bridgehead atoms. The van der Waals surface area contributed by atoms with Gasteiger partial charge in [0, 0.05) is 20.2 Å². The van der Waals surface area contributed by atoms with Gasteiger partial charge in [0.15, 0.2) is 5.16 Å². The third-order valence-electron chi connectivity index (χ3n) is 2.55. The first-order valence-corrected chi connectivity index (χ1v) is 6.59. The van der Waals surface area contributed by atoms with Gasteiger partial charge in [0.1, 0.15) is 6.33 Å². The maximum absolute atomic E-state index is 11.6. The Kier molecular flexibility index (Phi) is 4.38. The summed E-state index contributed by atoms with van der Waals surface area (Å²) in [6.45, 7) is 1.42.